The van der Waals surface area contributed by atoms with Crippen molar-refractivity contribution in [3.05, 3.63) is 44.4 Å². The van der Waals surface area contributed by atoms with Crippen LogP contribution in [0.1, 0.15) is 5.56 Å². The lowest BCUT2D eigenvalue weighted by molar-refractivity contribution is -0.136. The lowest BCUT2D eigenvalue weighted by Crippen LogP contribution is -2.02. The van der Waals surface area contributed by atoms with Crippen molar-refractivity contribution in [2.45, 2.75) is 0 Å². The van der Waals surface area contributed by atoms with E-state index in [1.165, 1.54) is 20.3 Å². The van der Waals surface area contributed by atoms with Crippen LogP contribution >= 0.6 is 15.9 Å². The first kappa shape index (κ1) is 14.1. The number of carbonyl (C=O) groups is 1. The van der Waals surface area contributed by atoms with Crippen molar-refractivity contribution in [2.24, 2.45) is 5.11 Å². The molecule has 1 aromatic rings. The van der Waals surface area contributed by atoms with E-state index in [0.717, 1.165) is 4.47 Å². The van der Waals surface area contributed by atoms with Gasteiger partial charge in [0.05, 0.1) is 14.2 Å². The maximum absolute atomic E-state index is 11.4. The maximum Gasteiger partial charge on any atom is 0.340 e. The van der Waals surface area contributed by atoms with Gasteiger partial charge in [-0.25, -0.2) is 4.79 Å². The molecule has 0 atom stereocenters. The molecule has 1 rings (SSSR count). The lowest BCUT2D eigenvalue weighted by Gasteiger charge is -2.06. The average Bonchev–Trinajstić information content (AvgIpc) is 2.37. The van der Waals surface area contributed by atoms with E-state index in [1.54, 1.807) is 18.2 Å². The molecular weight excluding hydrogens is 302 g/mol. The minimum absolute atomic E-state index is 0.142. The molecule has 0 aromatic heterocycles. The summed E-state index contributed by atoms with van der Waals surface area (Å²) in [7, 11) is 2.72. The Labute approximate surface area is 112 Å². The van der Waals surface area contributed by atoms with Gasteiger partial charge in [-0.15, -0.1) is 0 Å². The summed E-state index contributed by atoms with van der Waals surface area (Å²) in [6.45, 7) is 0. The van der Waals surface area contributed by atoms with Gasteiger partial charge in [-0.3, -0.25) is 0 Å². The number of azide groups is 1. The van der Waals surface area contributed by atoms with Crippen LogP contribution in [0.5, 0.6) is 5.75 Å². The van der Waals surface area contributed by atoms with Crippen LogP contribution in [-0.4, -0.2) is 20.2 Å². The molecule has 0 unspecified atom stereocenters. The van der Waals surface area contributed by atoms with E-state index in [9.17, 15) is 4.79 Å². The van der Waals surface area contributed by atoms with Crippen molar-refractivity contribution >= 4 is 28.0 Å². The zero-order chi connectivity index (χ0) is 13.5. The molecular formula is C11H10BrN3O3. The normalized spacial score (nSPS) is 10.5. The van der Waals surface area contributed by atoms with E-state index in [4.69, 9.17) is 10.3 Å². The fourth-order valence-electron chi connectivity index (χ4n) is 1.25. The van der Waals surface area contributed by atoms with E-state index in [1.807, 2.05) is 0 Å². The van der Waals surface area contributed by atoms with Crippen LogP contribution in [0.15, 0.2) is 33.5 Å². The average molecular weight is 312 g/mol. The van der Waals surface area contributed by atoms with Crippen molar-refractivity contribution in [2.75, 3.05) is 14.2 Å². The van der Waals surface area contributed by atoms with Crippen molar-refractivity contribution in [3.8, 4) is 5.75 Å². The second-order valence-electron chi connectivity index (χ2n) is 3.10. The third kappa shape index (κ3) is 3.51. The van der Waals surface area contributed by atoms with Crippen LogP contribution < -0.4 is 4.74 Å². The number of esters is 1. The summed E-state index contributed by atoms with van der Waals surface area (Å²) in [6.07, 6.45) is 1.40. The zero-order valence-corrected chi connectivity index (χ0v) is 11.3. The number of hydrogen-bond donors (Lipinski definition) is 0. The molecule has 18 heavy (non-hydrogen) atoms. The number of carbonyl (C=O) groups excluding carboxylic acids is 1. The number of methoxy groups -OCH3 is 2. The molecule has 0 spiro atoms. The molecule has 0 saturated heterocycles. The Kier molecular flexibility index (Phi) is 5.23. The van der Waals surface area contributed by atoms with Crippen molar-refractivity contribution in [1.29, 1.82) is 0 Å². The van der Waals surface area contributed by atoms with Crippen molar-refractivity contribution in [1.82, 2.24) is 0 Å². The number of rotatable bonds is 4. The van der Waals surface area contributed by atoms with Crippen LogP contribution in [0, 0.1) is 0 Å². The van der Waals surface area contributed by atoms with Gasteiger partial charge >= 0.3 is 5.97 Å². The van der Waals surface area contributed by atoms with Gasteiger partial charge in [0, 0.05) is 14.9 Å². The summed E-state index contributed by atoms with van der Waals surface area (Å²) in [5.74, 6) is -0.164. The number of nitrogens with zero attached hydrogens (tertiary/aromatic N) is 3. The molecule has 0 amide bonds. The van der Waals surface area contributed by atoms with E-state index in [2.05, 4.69) is 30.7 Å². The molecule has 0 aliphatic carbocycles. The topological polar surface area (TPSA) is 84.3 Å². The highest BCUT2D eigenvalue weighted by Gasteiger charge is 2.09. The predicted octanol–water partition coefficient (Wildman–Crippen LogP) is 3.28. The summed E-state index contributed by atoms with van der Waals surface area (Å²) >= 11 is 3.30. The standard InChI is InChI=1S/C11H10BrN3O3/c1-17-10-4-3-8(12)5-7(10)6-9(14-15-13)11(16)18-2/h3-6H,1-2H3. The van der Waals surface area contributed by atoms with E-state index >= 15 is 0 Å². The Balaban J connectivity index is 3.30. The van der Waals surface area contributed by atoms with Gasteiger partial charge in [0.2, 0.25) is 0 Å². The highest BCUT2D eigenvalue weighted by atomic mass is 79.9. The van der Waals surface area contributed by atoms with E-state index in [-0.39, 0.29) is 5.70 Å². The first-order valence-electron chi connectivity index (χ1n) is 4.81. The van der Waals surface area contributed by atoms with Gasteiger partial charge in [-0.1, -0.05) is 21.0 Å². The molecule has 0 radical (unpaired) electrons. The third-order valence-corrected chi connectivity index (χ3v) is 2.52. The molecule has 0 N–H and O–H groups in total. The van der Waals surface area contributed by atoms with Crippen molar-refractivity contribution < 1.29 is 14.3 Å². The Morgan fingerprint density at radius 1 is 1.50 bits per heavy atom. The highest BCUT2D eigenvalue weighted by Crippen LogP contribution is 2.25. The summed E-state index contributed by atoms with van der Waals surface area (Å²) in [4.78, 5) is 14.0. The SMILES string of the molecule is COC(=O)C(=Cc1cc(Br)ccc1OC)N=[N+]=[N-]. The monoisotopic (exact) mass is 311 g/mol. The predicted molar refractivity (Wildman–Crippen MR) is 69.8 cm³/mol. The first-order valence-corrected chi connectivity index (χ1v) is 5.60. The van der Waals surface area contributed by atoms with Crippen LogP contribution in [0.4, 0.5) is 0 Å². The molecule has 94 valence electrons. The Bertz CT molecular complexity index is 536. The summed E-state index contributed by atoms with van der Waals surface area (Å²) < 4.78 is 10.5. The van der Waals surface area contributed by atoms with E-state index < -0.39 is 5.97 Å². The second kappa shape index (κ2) is 6.68. The maximum atomic E-state index is 11.4. The van der Waals surface area contributed by atoms with Crippen LogP contribution in [0.25, 0.3) is 16.5 Å². The van der Waals surface area contributed by atoms with Crippen molar-refractivity contribution in [3.63, 3.8) is 0 Å². The summed E-state index contributed by atoms with van der Waals surface area (Å²) in [5.41, 5.74) is 8.86. The number of ether oxygens (including phenoxy) is 2. The van der Waals surface area contributed by atoms with Crippen LogP contribution in [0.2, 0.25) is 0 Å². The molecule has 0 fully saturated rings. The Morgan fingerprint density at radius 3 is 2.78 bits per heavy atom. The molecule has 7 heteroatoms. The fourth-order valence-corrected chi connectivity index (χ4v) is 1.63. The number of benzene rings is 1. The zero-order valence-electron chi connectivity index (χ0n) is 9.75. The van der Waals surface area contributed by atoms with Gasteiger partial charge in [0.1, 0.15) is 11.4 Å². The van der Waals surface area contributed by atoms with Gasteiger partial charge in [0.25, 0.3) is 0 Å². The molecule has 0 saturated carbocycles. The van der Waals surface area contributed by atoms with Gasteiger partial charge < -0.3 is 9.47 Å². The van der Waals surface area contributed by atoms with Crippen LogP contribution in [0.3, 0.4) is 0 Å². The van der Waals surface area contributed by atoms with Gasteiger partial charge in [-0.2, -0.15) is 0 Å². The Morgan fingerprint density at radius 2 is 2.22 bits per heavy atom. The minimum Gasteiger partial charge on any atom is -0.496 e. The molecule has 1 aromatic carbocycles. The lowest BCUT2D eigenvalue weighted by atomic mass is 10.1. The molecule has 6 nitrogen and oxygen atoms in total. The smallest absolute Gasteiger partial charge is 0.340 e. The third-order valence-electron chi connectivity index (χ3n) is 2.03. The molecule has 0 aliphatic rings. The fraction of sp³-hybridized carbons (Fsp3) is 0.182. The number of halogens is 1. The summed E-state index contributed by atoms with van der Waals surface area (Å²) in [5, 5.41) is 3.29. The molecule has 0 bridgehead atoms. The van der Waals surface area contributed by atoms with Gasteiger partial charge in [-0.05, 0) is 29.8 Å². The Hall–Kier alpha value is -1.98. The second-order valence-corrected chi connectivity index (χ2v) is 4.01. The molecule has 0 aliphatic heterocycles. The first-order chi connectivity index (χ1) is 8.62. The largest absolute Gasteiger partial charge is 0.496 e. The highest BCUT2D eigenvalue weighted by molar-refractivity contribution is 9.10. The molecule has 0 heterocycles. The quantitative estimate of drug-likeness (QED) is 0.281. The van der Waals surface area contributed by atoms with Crippen LogP contribution in [-0.2, 0) is 9.53 Å². The number of hydrogen-bond acceptors (Lipinski definition) is 4. The summed E-state index contributed by atoms with van der Waals surface area (Å²) in [6, 6.07) is 5.25. The van der Waals surface area contributed by atoms with Gasteiger partial charge in [0.15, 0.2) is 0 Å². The van der Waals surface area contributed by atoms with E-state index in [0.29, 0.717) is 11.3 Å². The minimum atomic E-state index is -0.713.